The molecule has 2 N–H and O–H groups in total. The minimum atomic E-state index is -0.627. The van der Waals surface area contributed by atoms with Gasteiger partial charge in [0.2, 0.25) is 5.91 Å². The van der Waals surface area contributed by atoms with Gasteiger partial charge in [-0.1, -0.05) is 0 Å². The molecule has 0 aromatic carbocycles. The van der Waals surface area contributed by atoms with Gasteiger partial charge in [0, 0.05) is 43.2 Å². The summed E-state index contributed by atoms with van der Waals surface area (Å²) >= 11 is 1.41. The van der Waals surface area contributed by atoms with E-state index in [1.807, 2.05) is 0 Å². The predicted octanol–water partition coefficient (Wildman–Crippen LogP) is -0.327. The van der Waals surface area contributed by atoms with E-state index >= 15 is 0 Å². The van der Waals surface area contributed by atoms with Crippen LogP contribution in [0.3, 0.4) is 0 Å². The zero-order chi connectivity index (χ0) is 18.4. The molecule has 25 heavy (non-hydrogen) atoms. The van der Waals surface area contributed by atoms with Crippen LogP contribution in [0, 0.1) is 0 Å². The normalized spacial score (nSPS) is 14.4. The van der Waals surface area contributed by atoms with Crippen molar-refractivity contribution in [3.63, 3.8) is 0 Å². The first kappa shape index (κ1) is 18.9. The summed E-state index contributed by atoms with van der Waals surface area (Å²) in [4.78, 5) is 50.7. The van der Waals surface area contributed by atoms with Crippen LogP contribution in [0.2, 0.25) is 0 Å². The first-order chi connectivity index (χ1) is 11.9. The standard InChI is InChI=1S/C16H22N4O4S/c1-11(2)18-15(23)16(24)20-6-4-19(5-7-20)13(21)9-17-14(22)12-3-8-25-10-12/h3,8,10-11H,4-7,9H2,1-2H3,(H,17,22)(H,18,23). The van der Waals surface area contributed by atoms with E-state index in [0.717, 1.165) is 0 Å². The molecule has 0 radical (unpaired) electrons. The molecule has 0 spiro atoms. The average molecular weight is 366 g/mol. The van der Waals surface area contributed by atoms with E-state index in [-0.39, 0.29) is 24.4 Å². The molecule has 8 nitrogen and oxygen atoms in total. The van der Waals surface area contributed by atoms with Crippen molar-refractivity contribution in [1.82, 2.24) is 20.4 Å². The van der Waals surface area contributed by atoms with Gasteiger partial charge >= 0.3 is 11.8 Å². The van der Waals surface area contributed by atoms with Crippen LogP contribution in [0.1, 0.15) is 24.2 Å². The topological polar surface area (TPSA) is 98.8 Å². The molecule has 0 aliphatic carbocycles. The van der Waals surface area contributed by atoms with E-state index in [1.165, 1.54) is 16.2 Å². The molecule has 0 unspecified atom stereocenters. The smallest absolute Gasteiger partial charge is 0.312 e. The van der Waals surface area contributed by atoms with Crippen LogP contribution in [0.5, 0.6) is 0 Å². The quantitative estimate of drug-likeness (QED) is 0.713. The molecular formula is C16H22N4O4S. The predicted molar refractivity (Wildman–Crippen MR) is 93.1 cm³/mol. The molecule has 2 heterocycles. The summed E-state index contributed by atoms with van der Waals surface area (Å²) in [6.45, 7) is 4.76. The van der Waals surface area contributed by atoms with Gasteiger partial charge in [-0.2, -0.15) is 11.3 Å². The summed E-state index contributed by atoms with van der Waals surface area (Å²) in [5.41, 5.74) is 0.532. The number of nitrogens with zero attached hydrogens (tertiary/aromatic N) is 2. The third kappa shape index (κ3) is 5.28. The number of rotatable bonds is 4. The van der Waals surface area contributed by atoms with Crippen molar-refractivity contribution in [2.75, 3.05) is 32.7 Å². The maximum atomic E-state index is 12.2. The largest absolute Gasteiger partial charge is 0.346 e. The highest BCUT2D eigenvalue weighted by Crippen LogP contribution is 2.06. The highest BCUT2D eigenvalue weighted by atomic mass is 32.1. The Hall–Kier alpha value is -2.42. The summed E-state index contributed by atoms with van der Waals surface area (Å²) in [7, 11) is 0. The molecule has 1 aliphatic heterocycles. The van der Waals surface area contributed by atoms with Crippen molar-refractivity contribution >= 4 is 35.0 Å². The number of carbonyl (C=O) groups excluding carboxylic acids is 4. The van der Waals surface area contributed by atoms with E-state index in [4.69, 9.17) is 0 Å². The van der Waals surface area contributed by atoms with Gasteiger partial charge < -0.3 is 20.4 Å². The minimum Gasteiger partial charge on any atom is -0.346 e. The second-order valence-electron chi connectivity index (χ2n) is 6.00. The number of amides is 4. The number of carbonyl (C=O) groups is 4. The maximum Gasteiger partial charge on any atom is 0.312 e. The van der Waals surface area contributed by atoms with E-state index in [2.05, 4.69) is 10.6 Å². The van der Waals surface area contributed by atoms with Crippen LogP contribution in [0.15, 0.2) is 16.8 Å². The Morgan fingerprint density at radius 1 is 1.12 bits per heavy atom. The van der Waals surface area contributed by atoms with Crippen molar-refractivity contribution in [1.29, 1.82) is 0 Å². The van der Waals surface area contributed by atoms with Crippen LogP contribution >= 0.6 is 11.3 Å². The van der Waals surface area contributed by atoms with Crippen LogP contribution in [0.25, 0.3) is 0 Å². The Kier molecular flexibility index (Phi) is 6.51. The fraction of sp³-hybridized carbons (Fsp3) is 0.500. The van der Waals surface area contributed by atoms with Crippen molar-refractivity contribution in [3.05, 3.63) is 22.4 Å². The molecule has 0 saturated carbocycles. The van der Waals surface area contributed by atoms with Crippen molar-refractivity contribution in [3.8, 4) is 0 Å². The SMILES string of the molecule is CC(C)NC(=O)C(=O)N1CCN(C(=O)CNC(=O)c2ccsc2)CC1. The Balaban J connectivity index is 1.75. The van der Waals surface area contributed by atoms with Crippen LogP contribution in [-0.4, -0.2) is 72.2 Å². The molecule has 9 heteroatoms. The lowest BCUT2D eigenvalue weighted by atomic mass is 10.2. The number of nitrogens with one attached hydrogen (secondary N) is 2. The van der Waals surface area contributed by atoms with E-state index in [1.54, 1.807) is 35.6 Å². The van der Waals surface area contributed by atoms with Gasteiger partial charge in [0.15, 0.2) is 0 Å². The first-order valence-electron chi connectivity index (χ1n) is 8.06. The molecule has 2 rings (SSSR count). The highest BCUT2D eigenvalue weighted by Gasteiger charge is 2.28. The number of hydrogen-bond donors (Lipinski definition) is 2. The van der Waals surface area contributed by atoms with E-state index < -0.39 is 11.8 Å². The third-order valence-corrected chi connectivity index (χ3v) is 4.40. The Morgan fingerprint density at radius 2 is 1.76 bits per heavy atom. The molecule has 0 atom stereocenters. The number of thiophene rings is 1. The molecule has 1 aromatic heterocycles. The van der Waals surface area contributed by atoms with Crippen molar-refractivity contribution in [2.45, 2.75) is 19.9 Å². The molecule has 1 saturated heterocycles. The summed E-state index contributed by atoms with van der Waals surface area (Å²) in [6, 6.07) is 1.59. The second-order valence-corrected chi connectivity index (χ2v) is 6.78. The first-order valence-corrected chi connectivity index (χ1v) is 9.00. The van der Waals surface area contributed by atoms with Crippen LogP contribution < -0.4 is 10.6 Å². The van der Waals surface area contributed by atoms with Gasteiger partial charge in [-0.15, -0.1) is 0 Å². The summed E-state index contributed by atoms with van der Waals surface area (Å²) in [5.74, 6) is -1.69. The Labute approximate surface area is 150 Å². The third-order valence-electron chi connectivity index (χ3n) is 3.72. The zero-order valence-corrected chi connectivity index (χ0v) is 15.1. The maximum absolute atomic E-state index is 12.2. The lowest BCUT2D eigenvalue weighted by molar-refractivity contribution is -0.148. The second kappa shape index (κ2) is 8.61. The zero-order valence-electron chi connectivity index (χ0n) is 14.3. The monoisotopic (exact) mass is 366 g/mol. The van der Waals surface area contributed by atoms with E-state index in [0.29, 0.717) is 31.7 Å². The van der Waals surface area contributed by atoms with Crippen molar-refractivity contribution < 1.29 is 19.2 Å². The van der Waals surface area contributed by atoms with Crippen LogP contribution in [0.4, 0.5) is 0 Å². The average Bonchev–Trinajstić information content (AvgIpc) is 3.13. The van der Waals surface area contributed by atoms with E-state index in [9.17, 15) is 19.2 Å². The lowest BCUT2D eigenvalue weighted by Crippen LogP contribution is -2.55. The van der Waals surface area contributed by atoms with Gasteiger partial charge in [0.25, 0.3) is 5.91 Å². The van der Waals surface area contributed by atoms with Gasteiger partial charge in [0.05, 0.1) is 6.54 Å². The van der Waals surface area contributed by atoms with Gasteiger partial charge in [-0.3, -0.25) is 19.2 Å². The fourth-order valence-electron chi connectivity index (χ4n) is 2.39. The molecule has 1 fully saturated rings. The fourth-order valence-corrected chi connectivity index (χ4v) is 3.03. The van der Waals surface area contributed by atoms with Gasteiger partial charge in [0.1, 0.15) is 0 Å². The van der Waals surface area contributed by atoms with Crippen LogP contribution in [-0.2, 0) is 14.4 Å². The number of hydrogen-bond acceptors (Lipinski definition) is 5. The van der Waals surface area contributed by atoms with Gasteiger partial charge in [-0.05, 0) is 25.3 Å². The molecule has 1 aromatic rings. The number of piperazine rings is 1. The molecule has 4 amide bonds. The summed E-state index contributed by atoms with van der Waals surface area (Å²) < 4.78 is 0. The molecule has 1 aliphatic rings. The Bertz CT molecular complexity index is 637. The summed E-state index contributed by atoms with van der Waals surface area (Å²) in [5, 5.41) is 8.66. The summed E-state index contributed by atoms with van der Waals surface area (Å²) in [6.07, 6.45) is 0. The lowest BCUT2D eigenvalue weighted by Gasteiger charge is -2.34. The molecular weight excluding hydrogens is 344 g/mol. The molecule has 136 valence electrons. The molecule has 0 bridgehead atoms. The van der Waals surface area contributed by atoms with Gasteiger partial charge in [-0.25, -0.2) is 0 Å². The highest BCUT2D eigenvalue weighted by molar-refractivity contribution is 7.08. The van der Waals surface area contributed by atoms with Crippen molar-refractivity contribution in [2.24, 2.45) is 0 Å². The Morgan fingerprint density at radius 3 is 2.32 bits per heavy atom. The minimum absolute atomic E-state index is 0.0868.